The molecule has 0 spiro atoms. The lowest BCUT2D eigenvalue weighted by Crippen LogP contribution is -2.58. The van der Waals surface area contributed by atoms with Crippen molar-refractivity contribution in [2.45, 2.75) is 43.4 Å². The highest BCUT2D eigenvalue weighted by molar-refractivity contribution is 7.80. The van der Waals surface area contributed by atoms with Gasteiger partial charge in [0.05, 0.1) is 19.1 Å². The van der Waals surface area contributed by atoms with E-state index in [1.807, 2.05) is 5.32 Å². The van der Waals surface area contributed by atoms with Gasteiger partial charge in [0.2, 0.25) is 23.6 Å². The first kappa shape index (κ1) is 27.1. The van der Waals surface area contributed by atoms with Crippen molar-refractivity contribution in [3.63, 3.8) is 0 Å². The molecule has 0 rings (SSSR count). The number of aliphatic carboxylic acids is 2. The van der Waals surface area contributed by atoms with Crippen LogP contribution in [0.1, 0.15) is 19.3 Å². The highest BCUT2D eigenvalue weighted by atomic mass is 32.1. The molecule has 0 aromatic rings. The molecule has 0 saturated carbocycles. The van der Waals surface area contributed by atoms with Crippen LogP contribution in [0.2, 0.25) is 0 Å². The van der Waals surface area contributed by atoms with Gasteiger partial charge >= 0.3 is 11.9 Å². The molecule has 4 amide bonds. The number of aliphatic hydroxyl groups is 1. The van der Waals surface area contributed by atoms with Crippen molar-refractivity contribution in [3.8, 4) is 0 Å². The molecule has 0 aromatic carbocycles. The number of hydrogen-bond donors (Lipinski definition) is 9. The van der Waals surface area contributed by atoms with E-state index in [0.29, 0.717) is 0 Å². The van der Waals surface area contributed by atoms with Crippen LogP contribution in [0.25, 0.3) is 0 Å². The number of nitrogens with two attached hydrogens (primary N) is 2. The van der Waals surface area contributed by atoms with Crippen LogP contribution in [-0.2, 0) is 28.8 Å². The van der Waals surface area contributed by atoms with Crippen LogP contribution < -0.4 is 27.4 Å². The van der Waals surface area contributed by atoms with Gasteiger partial charge < -0.3 is 42.7 Å². The number of hydrogen-bond acceptors (Lipinski definition) is 9. The zero-order valence-electron chi connectivity index (χ0n) is 15.7. The van der Waals surface area contributed by atoms with Gasteiger partial charge in [-0.25, -0.2) is 4.79 Å². The maximum absolute atomic E-state index is 12.4. The molecule has 4 unspecified atom stereocenters. The maximum atomic E-state index is 12.4. The molecular weight excluding hydrogens is 426 g/mol. The van der Waals surface area contributed by atoms with E-state index in [4.69, 9.17) is 21.7 Å². The first-order valence-corrected chi connectivity index (χ1v) is 9.17. The molecule has 0 aromatic heterocycles. The van der Waals surface area contributed by atoms with Gasteiger partial charge in [-0.05, 0) is 6.42 Å². The van der Waals surface area contributed by atoms with Crippen molar-refractivity contribution < 1.29 is 44.1 Å². The Balaban J connectivity index is 5.16. The molecule has 30 heavy (non-hydrogen) atoms. The van der Waals surface area contributed by atoms with E-state index in [1.54, 1.807) is 0 Å². The third-order valence-corrected chi connectivity index (χ3v) is 4.02. The number of thiol groups is 1. The summed E-state index contributed by atoms with van der Waals surface area (Å²) in [5.41, 5.74) is 10.6. The van der Waals surface area contributed by atoms with E-state index in [1.165, 1.54) is 0 Å². The minimum atomic E-state index is -1.60. The van der Waals surface area contributed by atoms with Gasteiger partial charge in [-0.3, -0.25) is 24.0 Å². The minimum absolute atomic E-state index is 0.242. The molecular formula is C15H25N5O9S. The normalized spacial score (nSPS) is 14.5. The molecule has 170 valence electrons. The summed E-state index contributed by atoms with van der Waals surface area (Å²) in [6.45, 7) is -0.925. The topological polar surface area (TPSA) is 251 Å². The third kappa shape index (κ3) is 10.0. The fourth-order valence-corrected chi connectivity index (χ4v) is 2.27. The maximum Gasteiger partial charge on any atom is 0.327 e. The number of primary amides is 1. The van der Waals surface area contributed by atoms with Crippen LogP contribution in [-0.4, -0.2) is 87.4 Å². The molecule has 0 fully saturated rings. The quantitative estimate of drug-likeness (QED) is 0.114. The number of carboxylic acid groups (broad SMARTS) is 2. The smallest absolute Gasteiger partial charge is 0.327 e. The van der Waals surface area contributed by atoms with Crippen LogP contribution in [0.3, 0.4) is 0 Å². The summed E-state index contributed by atoms with van der Waals surface area (Å²) in [4.78, 5) is 69.2. The van der Waals surface area contributed by atoms with Gasteiger partial charge in [0.1, 0.15) is 18.1 Å². The summed E-state index contributed by atoms with van der Waals surface area (Å²) in [5, 5.41) is 33.1. The summed E-state index contributed by atoms with van der Waals surface area (Å²) >= 11 is 3.76. The van der Waals surface area contributed by atoms with Crippen LogP contribution in [0.5, 0.6) is 0 Å². The Morgan fingerprint density at radius 2 is 1.37 bits per heavy atom. The van der Waals surface area contributed by atoms with Gasteiger partial charge in [0.25, 0.3) is 0 Å². The van der Waals surface area contributed by atoms with Crippen molar-refractivity contribution in [2.75, 3.05) is 12.4 Å². The number of carboxylic acids is 2. The average Bonchev–Trinajstić information content (AvgIpc) is 2.66. The molecule has 0 aliphatic carbocycles. The Labute approximate surface area is 176 Å². The highest BCUT2D eigenvalue weighted by Crippen LogP contribution is 2.00. The molecule has 0 aliphatic rings. The predicted octanol–water partition coefficient (Wildman–Crippen LogP) is -4.48. The lowest BCUT2D eigenvalue weighted by Gasteiger charge is -2.23. The summed E-state index contributed by atoms with van der Waals surface area (Å²) in [5.74, 6) is -6.90. The highest BCUT2D eigenvalue weighted by Gasteiger charge is 2.30. The van der Waals surface area contributed by atoms with Crippen LogP contribution in [0, 0.1) is 0 Å². The number of amides is 4. The minimum Gasteiger partial charge on any atom is -0.481 e. The van der Waals surface area contributed by atoms with Crippen molar-refractivity contribution in [1.82, 2.24) is 16.0 Å². The van der Waals surface area contributed by atoms with Crippen molar-refractivity contribution >= 4 is 48.2 Å². The summed E-state index contributed by atoms with van der Waals surface area (Å²) in [6, 6.07) is -5.87. The molecule has 4 atom stereocenters. The van der Waals surface area contributed by atoms with Gasteiger partial charge in [0.15, 0.2) is 0 Å². The number of rotatable bonds is 14. The average molecular weight is 451 g/mol. The van der Waals surface area contributed by atoms with Gasteiger partial charge in [-0.2, -0.15) is 12.6 Å². The Hall–Kier alpha value is -2.91. The second kappa shape index (κ2) is 13.3. The second-order valence-corrected chi connectivity index (χ2v) is 6.46. The Morgan fingerprint density at radius 3 is 1.80 bits per heavy atom. The Bertz CT molecular complexity index is 675. The van der Waals surface area contributed by atoms with Crippen LogP contribution >= 0.6 is 12.6 Å². The van der Waals surface area contributed by atoms with E-state index in [2.05, 4.69) is 23.3 Å². The lowest BCUT2D eigenvalue weighted by atomic mass is 10.1. The Kier molecular flexibility index (Phi) is 12.0. The lowest BCUT2D eigenvalue weighted by molar-refractivity contribution is -0.142. The number of nitrogens with one attached hydrogen (secondary N) is 3. The van der Waals surface area contributed by atoms with Crippen molar-refractivity contribution in [1.29, 1.82) is 0 Å². The van der Waals surface area contributed by atoms with E-state index in [-0.39, 0.29) is 12.2 Å². The second-order valence-electron chi connectivity index (χ2n) is 6.10. The standard InChI is InChI=1S/C15H25N5O9S/c16-6(1-2-11(23)24)12(25)18-7(3-10(17)22)13(26)19-8(4-21)14(27)20-9(5-30)15(28)29/h6-9,21,30H,1-5,16H2,(H2,17,22)(H,18,25)(H,19,26)(H,20,27)(H,23,24)(H,28,29). The van der Waals surface area contributed by atoms with Gasteiger partial charge in [-0.1, -0.05) is 0 Å². The largest absolute Gasteiger partial charge is 0.481 e. The zero-order chi connectivity index (χ0) is 23.4. The van der Waals surface area contributed by atoms with Crippen LogP contribution in [0.15, 0.2) is 0 Å². The van der Waals surface area contributed by atoms with Crippen molar-refractivity contribution in [2.24, 2.45) is 11.5 Å². The summed E-state index contributed by atoms with van der Waals surface area (Å²) in [6.07, 6.45) is -1.34. The monoisotopic (exact) mass is 451 g/mol. The fraction of sp³-hybridized carbons (Fsp3) is 0.600. The van der Waals surface area contributed by atoms with E-state index in [0.717, 1.165) is 0 Å². The predicted molar refractivity (Wildman–Crippen MR) is 103 cm³/mol. The molecule has 0 aliphatic heterocycles. The van der Waals surface area contributed by atoms with E-state index >= 15 is 0 Å². The number of carbonyl (C=O) groups excluding carboxylic acids is 4. The Morgan fingerprint density at radius 1 is 0.867 bits per heavy atom. The first-order valence-electron chi connectivity index (χ1n) is 8.54. The van der Waals surface area contributed by atoms with Gasteiger partial charge in [-0.15, -0.1) is 0 Å². The van der Waals surface area contributed by atoms with Crippen LogP contribution in [0.4, 0.5) is 0 Å². The molecule has 0 bridgehead atoms. The third-order valence-electron chi connectivity index (χ3n) is 3.66. The summed E-state index contributed by atoms with van der Waals surface area (Å²) < 4.78 is 0. The molecule has 10 N–H and O–H groups in total. The molecule has 0 radical (unpaired) electrons. The van der Waals surface area contributed by atoms with E-state index in [9.17, 15) is 33.9 Å². The molecule has 15 heteroatoms. The SMILES string of the molecule is NC(=O)CC(NC(=O)C(N)CCC(=O)O)C(=O)NC(CO)C(=O)NC(CS)C(=O)O. The molecule has 0 saturated heterocycles. The zero-order valence-corrected chi connectivity index (χ0v) is 16.6. The first-order chi connectivity index (χ1) is 13.9. The van der Waals surface area contributed by atoms with E-state index < -0.39 is 79.2 Å². The fourth-order valence-electron chi connectivity index (χ4n) is 2.02. The number of aliphatic hydroxyl groups excluding tert-OH is 1. The van der Waals surface area contributed by atoms with Gasteiger partial charge in [0, 0.05) is 12.2 Å². The molecule has 0 heterocycles. The summed E-state index contributed by atoms with van der Waals surface area (Å²) in [7, 11) is 0. The molecule has 14 nitrogen and oxygen atoms in total. The van der Waals surface area contributed by atoms with Crippen molar-refractivity contribution in [3.05, 3.63) is 0 Å². The number of carbonyl (C=O) groups is 6.